The zero-order chi connectivity index (χ0) is 19.1. The van der Waals surface area contributed by atoms with E-state index in [1.165, 1.54) is 23.5 Å². The lowest BCUT2D eigenvalue weighted by atomic mass is 10.1. The first-order chi connectivity index (χ1) is 13.1. The normalized spacial score (nSPS) is 10.3. The average Bonchev–Trinajstić information content (AvgIpc) is 3.18. The van der Waals surface area contributed by atoms with E-state index in [0.29, 0.717) is 29.2 Å². The van der Waals surface area contributed by atoms with Crippen LogP contribution >= 0.6 is 11.3 Å². The van der Waals surface area contributed by atoms with E-state index >= 15 is 0 Å². The third kappa shape index (κ3) is 5.65. The van der Waals surface area contributed by atoms with Gasteiger partial charge in [-0.15, -0.1) is 11.3 Å². The minimum absolute atomic E-state index is 0.189. The number of hydrogen-bond acceptors (Lipinski definition) is 3. The summed E-state index contributed by atoms with van der Waals surface area (Å²) in [5, 5.41) is 10.1. The Labute approximate surface area is 160 Å². The topological polar surface area (TPSA) is 70.2 Å². The summed E-state index contributed by atoms with van der Waals surface area (Å²) in [5.41, 5.74) is 2.10. The molecule has 3 rings (SSSR count). The molecule has 0 atom stereocenters. The van der Waals surface area contributed by atoms with Gasteiger partial charge in [0.2, 0.25) is 0 Å². The molecule has 0 aliphatic rings. The smallest absolute Gasteiger partial charge is 0.319 e. The molecule has 3 N–H and O–H groups in total. The van der Waals surface area contributed by atoms with E-state index < -0.39 is 0 Å². The van der Waals surface area contributed by atoms with Crippen molar-refractivity contribution in [1.29, 1.82) is 0 Å². The van der Waals surface area contributed by atoms with Gasteiger partial charge in [0.15, 0.2) is 0 Å². The summed E-state index contributed by atoms with van der Waals surface area (Å²) in [6, 6.07) is 16.3. The second-order valence-corrected chi connectivity index (χ2v) is 6.72. The van der Waals surface area contributed by atoms with Gasteiger partial charge < -0.3 is 16.0 Å². The molecule has 0 saturated carbocycles. The van der Waals surface area contributed by atoms with E-state index in [1.807, 2.05) is 11.4 Å². The number of carbonyl (C=O) groups is 2. The first-order valence-corrected chi connectivity index (χ1v) is 9.22. The molecule has 3 aromatic rings. The predicted octanol–water partition coefficient (Wildman–Crippen LogP) is 4.50. The monoisotopic (exact) mass is 383 g/mol. The number of halogens is 1. The highest BCUT2D eigenvalue weighted by Gasteiger charge is 2.08. The van der Waals surface area contributed by atoms with Crippen LogP contribution in [0, 0.1) is 5.82 Å². The number of hydrogen-bond donors (Lipinski definition) is 3. The van der Waals surface area contributed by atoms with Crippen molar-refractivity contribution in [2.45, 2.75) is 6.42 Å². The molecule has 5 nitrogen and oxygen atoms in total. The molecule has 0 saturated heterocycles. The molecule has 1 heterocycles. The van der Waals surface area contributed by atoms with Crippen LogP contribution in [0.3, 0.4) is 0 Å². The number of benzene rings is 2. The Bertz CT molecular complexity index is 911. The maximum absolute atomic E-state index is 12.9. The molecular weight excluding hydrogens is 365 g/mol. The molecule has 0 spiro atoms. The van der Waals surface area contributed by atoms with Crippen molar-refractivity contribution >= 4 is 34.6 Å². The molecule has 2 aromatic carbocycles. The summed E-state index contributed by atoms with van der Waals surface area (Å²) < 4.78 is 12.9. The van der Waals surface area contributed by atoms with E-state index in [4.69, 9.17) is 0 Å². The Morgan fingerprint density at radius 3 is 2.37 bits per heavy atom. The van der Waals surface area contributed by atoms with E-state index in [2.05, 4.69) is 16.0 Å². The molecule has 1 aromatic heterocycles. The zero-order valence-electron chi connectivity index (χ0n) is 14.4. The lowest BCUT2D eigenvalue weighted by Gasteiger charge is -2.10. The van der Waals surface area contributed by atoms with Crippen molar-refractivity contribution in [2.24, 2.45) is 0 Å². The van der Waals surface area contributed by atoms with Gasteiger partial charge >= 0.3 is 6.03 Å². The van der Waals surface area contributed by atoms with Gasteiger partial charge in [0, 0.05) is 17.9 Å². The third-order valence-corrected chi connectivity index (χ3v) is 4.60. The average molecular weight is 383 g/mol. The van der Waals surface area contributed by atoms with Crippen LogP contribution in [-0.4, -0.2) is 18.5 Å². The van der Waals surface area contributed by atoms with Crippen LogP contribution in [0.2, 0.25) is 0 Å². The van der Waals surface area contributed by atoms with Crippen LogP contribution in [0.4, 0.5) is 20.6 Å². The number of rotatable bonds is 6. The Balaban J connectivity index is 1.49. The number of thiophene rings is 1. The molecule has 0 fully saturated rings. The van der Waals surface area contributed by atoms with Crippen molar-refractivity contribution in [2.75, 3.05) is 17.2 Å². The van der Waals surface area contributed by atoms with E-state index in [9.17, 15) is 14.0 Å². The fourth-order valence-electron chi connectivity index (χ4n) is 2.42. The van der Waals surface area contributed by atoms with E-state index in [0.717, 1.165) is 5.56 Å². The number of anilines is 2. The minimum atomic E-state index is -0.348. The predicted molar refractivity (Wildman–Crippen MR) is 106 cm³/mol. The van der Waals surface area contributed by atoms with Crippen molar-refractivity contribution in [3.63, 3.8) is 0 Å². The molecule has 138 valence electrons. The molecule has 3 amide bonds. The Kier molecular flexibility index (Phi) is 6.17. The van der Waals surface area contributed by atoms with Gasteiger partial charge in [0.25, 0.3) is 5.91 Å². The van der Waals surface area contributed by atoms with Crippen LogP contribution in [0.25, 0.3) is 0 Å². The number of urea groups is 1. The van der Waals surface area contributed by atoms with Crippen molar-refractivity contribution in [1.82, 2.24) is 5.32 Å². The first-order valence-electron chi connectivity index (χ1n) is 8.34. The van der Waals surface area contributed by atoms with Gasteiger partial charge in [-0.2, -0.15) is 0 Å². The lowest BCUT2D eigenvalue weighted by molar-refractivity contribution is 0.103. The SMILES string of the molecule is O=C(NCCc1ccc(F)cc1)Nc1cccc(NC(=O)c2cccs2)c1. The van der Waals surface area contributed by atoms with Crippen LogP contribution in [0.1, 0.15) is 15.2 Å². The lowest BCUT2D eigenvalue weighted by Crippen LogP contribution is -2.30. The van der Waals surface area contributed by atoms with E-state index in [1.54, 1.807) is 42.5 Å². The molecule has 0 radical (unpaired) electrons. The van der Waals surface area contributed by atoms with Gasteiger partial charge in [-0.05, 0) is 53.8 Å². The number of nitrogens with one attached hydrogen (secondary N) is 3. The summed E-state index contributed by atoms with van der Waals surface area (Å²) in [6.07, 6.45) is 0.602. The molecule has 0 aliphatic heterocycles. The standard InChI is InChI=1S/C20H18FN3O2S/c21-15-8-6-14(7-9-15)10-11-22-20(26)24-17-4-1-3-16(13-17)23-19(25)18-5-2-12-27-18/h1-9,12-13H,10-11H2,(H,23,25)(H2,22,24,26). The largest absolute Gasteiger partial charge is 0.338 e. The quantitative estimate of drug-likeness (QED) is 0.586. The van der Waals surface area contributed by atoms with Crippen molar-refractivity contribution in [3.05, 3.63) is 82.3 Å². The molecule has 0 bridgehead atoms. The highest BCUT2D eigenvalue weighted by Crippen LogP contribution is 2.17. The second kappa shape index (κ2) is 8.95. The van der Waals surface area contributed by atoms with Crippen LogP contribution in [0.15, 0.2) is 66.0 Å². The fraction of sp³-hybridized carbons (Fsp3) is 0.100. The third-order valence-electron chi connectivity index (χ3n) is 3.74. The molecule has 7 heteroatoms. The Hall–Kier alpha value is -3.19. The molecule has 0 unspecified atom stereocenters. The van der Waals surface area contributed by atoms with Gasteiger partial charge in [-0.3, -0.25) is 4.79 Å². The maximum atomic E-state index is 12.9. The maximum Gasteiger partial charge on any atom is 0.319 e. The summed E-state index contributed by atoms with van der Waals surface area (Å²) in [7, 11) is 0. The van der Waals surface area contributed by atoms with Gasteiger partial charge in [0.05, 0.1) is 4.88 Å². The molecular formula is C20H18FN3O2S. The Morgan fingerprint density at radius 1 is 0.926 bits per heavy atom. The highest BCUT2D eigenvalue weighted by molar-refractivity contribution is 7.12. The summed E-state index contributed by atoms with van der Waals surface area (Å²) in [6.45, 7) is 0.423. The number of carbonyl (C=O) groups excluding carboxylic acids is 2. The summed E-state index contributed by atoms with van der Waals surface area (Å²) in [5.74, 6) is -0.471. The molecule has 0 aliphatic carbocycles. The highest BCUT2D eigenvalue weighted by atomic mass is 32.1. The summed E-state index contributed by atoms with van der Waals surface area (Å²) in [4.78, 5) is 24.7. The zero-order valence-corrected chi connectivity index (χ0v) is 15.2. The fourth-order valence-corrected chi connectivity index (χ4v) is 3.04. The van der Waals surface area contributed by atoms with E-state index in [-0.39, 0.29) is 17.8 Å². The van der Waals surface area contributed by atoms with Crippen LogP contribution in [-0.2, 0) is 6.42 Å². The van der Waals surface area contributed by atoms with Crippen LogP contribution in [0.5, 0.6) is 0 Å². The second-order valence-electron chi connectivity index (χ2n) is 5.77. The van der Waals surface area contributed by atoms with Gasteiger partial charge in [-0.1, -0.05) is 24.3 Å². The first kappa shape index (κ1) is 18.6. The summed E-state index contributed by atoms with van der Waals surface area (Å²) >= 11 is 1.36. The van der Waals surface area contributed by atoms with Crippen molar-refractivity contribution < 1.29 is 14.0 Å². The Morgan fingerprint density at radius 2 is 1.67 bits per heavy atom. The van der Waals surface area contributed by atoms with Crippen molar-refractivity contribution in [3.8, 4) is 0 Å². The van der Waals surface area contributed by atoms with Gasteiger partial charge in [0.1, 0.15) is 5.82 Å². The molecule has 27 heavy (non-hydrogen) atoms. The number of amides is 3. The van der Waals surface area contributed by atoms with Crippen LogP contribution < -0.4 is 16.0 Å². The minimum Gasteiger partial charge on any atom is -0.338 e. The van der Waals surface area contributed by atoms with Gasteiger partial charge in [-0.25, -0.2) is 9.18 Å².